The number of aryl methyl sites for hydroxylation is 1. The summed E-state index contributed by atoms with van der Waals surface area (Å²) in [6, 6.07) is 63.3. The quantitative estimate of drug-likeness (QED) is 0.156. The van der Waals surface area contributed by atoms with E-state index in [0.29, 0.717) is 44.8 Å². The average molecular weight is 870 g/mol. The Bertz CT molecular complexity index is 3980. The number of hydrogen-bond donors (Lipinski definition) is 0. The lowest BCUT2D eigenvalue weighted by Gasteiger charge is -2.22. The predicted octanol–water partition coefficient (Wildman–Crippen LogP) is 16.2. The van der Waals surface area contributed by atoms with Gasteiger partial charge in [-0.25, -0.2) is 4.85 Å². The van der Waals surface area contributed by atoms with E-state index in [4.69, 9.17) is 6.57 Å². The Labute approximate surface area is 383 Å². The van der Waals surface area contributed by atoms with Crippen LogP contribution < -0.4 is 0 Å². The van der Waals surface area contributed by atoms with Crippen molar-refractivity contribution in [1.29, 1.82) is 10.5 Å². The second-order valence-electron chi connectivity index (χ2n) is 16.6. The molecule has 0 aliphatic heterocycles. The van der Waals surface area contributed by atoms with E-state index in [1.807, 2.05) is 109 Å². The largest absolute Gasteiger partial charge is 0.417 e. The minimum atomic E-state index is -4.66. The predicted molar refractivity (Wildman–Crippen MR) is 262 cm³/mol. The zero-order valence-corrected chi connectivity index (χ0v) is 35.8. The SMILES string of the molecule is [C-]#[N+]c1cccc(-c2ccc3c(c2)c2ccccc2n3-c2ccc(-c3c(C)cccc3C(F)(F)F)c(-c3cc(C#N)ccc3-n3c4ccccc4c4cc(-c5cccc(C#N)c5)ccc43)c2)c1. The minimum Gasteiger partial charge on any atom is -0.309 e. The summed E-state index contributed by atoms with van der Waals surface area (Å²) in [4.78, 5) is 3.64. The first-order chi connectivity index (χ1) is 32.6. The molecule has 316 valence electrons. The molecule has 67 heavy (non-hydrogen) atoms. The zero-order chi connectivity index (χ0) is 46.0. The van der Waals surface area contributed by atoms with Crippen LogP contribution in [-0.4, -0.2) is 9.13 Å². The van der Waals surface area contributed by atoms with Crippen LogP contribution in [0.15, 0.2) is 188 Å². The molecule has 0 unspecified atom stereocenters. The Morgan fingerprint density at radius 3 is 1.73 bits per heavy atom. The van der Waals surface area contributed by atoms with Gasteiger partial charge in [-0.3, -0.25) is 0 Å². The van der Waals surface area contributed by atoms with Gasteiger partial charge in [0.1, 0.15) is 0 Å². The topological polar surface area (TPSA) is 61.8 Å². The molecule has 5 nitrogen and oxygen atoms in total. The van der Waals surface area contributed by atoms with Crippen molar-refractivity contribution in [3.8, 4) is 68.0 Å². The van der Waals surface area contributed by atoms with Gasteiger partial charge in [0.15, 0.2) is 5.69 Å². The Kier molecular flexibility index (Phi) is 9.59. The number of halogens is 3. The number of alkyl halides is 3. The van der Waals surface area contributed by atoms with Crippen molar-refractivity contribution >= 4 is 49.3 Å². The van der Waals surface area contributed by atoms with Crippen LogP contribution in [0.3, 0.4) is 0 Å². The molecule has 0 radical (unpaired) electrons. The van der Waals surface area contributed by atoms with Gasteiger partial charge in [-0.2, -0.15) is 23.7 Å². The Morgan fingerprint density at radius 2 is 1.06 bits per heavy atom. The highest BCUT2D eigenvalue weighted by Gasteiger charge is 2.35. The summed E-state index contributed by atoms with van der Waals surface area (Å²) in [5, 5.41) is 24.0. The molecule has 0 saturated carbocycles. The Balaban J connectivity index is 1.21. The minimum absolute atomic E-state index is 0.0600. The number of rotatable bonds is 6. The molecule has 0 fully saturated rings. The van der Waals surface area contributed by atoms with Crippen molar-refractivity contribution in [2.45, 2.75) is 13.1 Å². The first kappa shape index (κ1) is 40.6. The van der Waals surface area contributed by atoms with E-state index in [9.17, 15) is 10.5 Å². The molecule has 9 aromatic carbocycles. The van der Waals surface area contributed by atoms with E-state index in [2.05, 4.69) is 56.4 Å². The maximum atomic E-state index is 15.2. The van der Waals surface area contributed by atoms with E-state index < -0.39 is 11.7 Å². The van der Waals surface area contributed by atoms with Gasteiger partial charge in [0, 0.05) is 32.8 Å². The lowest BCUT2D eigenvalue weighted by Crippen LogP contribution is -2.09. The van der Waals surface area contributed by atoms with E-state index in [0.717, 1.165) is 77.6 Å². The smallest absolute Gasteiger partial charge is 0.309 e. The number of nitrogens with zero attached hydrogens (tertiary/aromatic N) is 5. The maximum absolute atomic E-state index is 15.2. The second-order valence-corrected chi connectivity index (χ2v) is 16.6. The van der Waals surface area contributed by atoms with Gasteiger partial charge in [-0.15, -0.1) is 0 Å². The van der Waals surface area contributed by atoms with Crippen LogP contribution in [0.2, 0.25) is 0 Å². The van der Waals surface area contributed by atoms with Crippen LogP contribution in [0, 0.1) is 36.2 Å². The summed E-state index contributed by atoms with van der Waals surface area (Å²) in [6.07, 6.45) is -4.66. The van der Waals surface area contributed by atoms with Crippen molar-refractivity contribution in [3.05, 3.63) is 222 Å². The Morgan fingerprint density at radius 1 is 0.478 bits per heavy atom. The van der Waals surface area contributed by atoms with Gasteiger partial charge in [-0.05, 0) is 142 Å². The lowest BCUT2D eigenvalue weighted by molar-refractivity contribution is -0.137. The van der Waals surface area contributed by atoms with E-state index in [-0.39, 0.29) is 5.56 Å². The molecule has 8 heteroatoms. The van der Waals surface area contributed by atoms with Crippen molar-refractivity contribution in [2.75, 3.05) is 0 Å². The average Bonchev–Trinajstić information content (AvgIpc) is 3.88. The Hall–Kier alpha value is -9.16. The summed E-state index contributed by atoms with van der Waals surface area (Å²) < 4.78 is 49.8. The highest BCUT2D eigenvalue weighted by molar-refractivity contribution is 6.12. The van der Waals surface area contributed by atoms with Crippen molar-refractivity contribution < 1.29 is 13.2 Å². The monoisotopic (exact) mass is 869 g/mol. The third kappa shape index (κ3) is 6.78. The fraction of sp³-hybridized carbons (Fsp3) is 0.0339. The summed E-state index contributed by atoms with van der Waals surface area (Å²) in [5.74, 6) is 0. The van der Waals surface area contributed by atoms with Gasteiger partial charge in [0.05, 0.1) is 63.2 Å². The van der Waals surface area contributed by atoms with Gasteiger partial charge >= 0.3 is 6.18 Å². The number of nitriles is 2. The van der Waals surface area contributed by atoms with E-state index in [1.54, 1.807) is 43.3 Å². The van der Waals surface area contributed by atoms with Crippen LogP contribution >= 0.6 is 0 Å². The highest BCUT2D eigenvalue weighted by Crippen LogP contribution is 2.47. The summed E-state index contributed by atoms with van der Waals surface area (Å²) in [6.45, 7) is 9.28. The van der Waals surface area contributed by atoms with Crippen LogP contribution in [0.1, 0.15) is 22.3 Å². The zero-order valence-electron chi connectivity index (χ0n) is 35.8. The van der Waals surface area contributed by atoms with E-state index in [1.165, 1.54) is 6.07 Å². The number of para-hydroxylation sites is 2. The van der Waals surface area contributed by atoms with Crippen molar-refractivity contribution in [3.63, 3.8) is 0 Å². The normalized spacial score (nSPS) is 11.5. The molecular formula is C59H34F3N5. The fourth-order valence-electron chi connectivity index (χ4n) is 9.76. The summed E-state index contributed by atoms with van der Waals surface area (Å²) in [5.41, 5.74) is 11.3. The van der Waals surface area contributed by atoms with Gasteiger partial charge < -0.3 is 9.13 Å². The molecule has 11 rings (SSSR count). The highest BCUT2D eigenvalue weighted by atomic mass is 19.4. The third-order valence-corrected chi connectivity index (χ3v) is 12.7. The fourth-order valence-corrected chi connectivity index (χ4v) is 9.76. The van der Waals surface area contributed by atoms with Crippen LogP contribution in [0.4, 0.5) is 18.9 Å². The molecule has 0 N–H and O–H groups in total. The molecular weight excluding hydrogens is 836 g/mol. The molecule has 0 amide bonds. The number of hydrogen-bond acceptors (Lipinski definition) is 2. The molecule has 2 heterocycles. The number of aromatic nitrogens is 2. The number of benzene rings is 9. The molecule has 0 bridgehead atoms. The molecule has 0 aliphatic carbocycles. The van der Waals surface area contributed by atoms with E-state index >= 15 is 13.2 Å². The first-order valence-electron chi connectivity index (χ1n) is 21.5. The number of fused-ring (bicyclic) bond motifs is 6. The summed E-state index contributed by atoms with van der Waals surface area (Å²) >= 11 is 0. The van der Waals surface area contributed by atoms with Crippen LogP contribution in [-0.2, 0) is 6.18 Å². The summed E-state index contributed by atoms with van der Waals surface area (Å²) in [7, 11) is 0. The van der Waals surface area contributed by atoms with Crippen molar-refractivity contribution in [1.82, 2.24) is 9.13 Å². The lowest BCUT2D eigenvalue weighted by atomic mass is 9.87. The molecule has 0 aliphatic rings. The van der Waals surface area contributed by atoms with Gasteiger partial charge in [-0.1, -0.05) is 97.1 Å². The third-order valence-electron chi connectivity index (χ3n) is 12.7. The molecule has 11 aromatic rings. The molecule has 0 saturated heterocycles. The van der Waals surface area contributed by atoms with Gasteiger partial charge in [0.25, 0.3) is 0 Å². The van der Waals surface area contributed by atoms with Gasteiger partial charge in [0.2, 0.25) is 0 Å². The molecule has 0 spiro atoms. The maximum Gasteiger partial charge on any atom is 0.417 e. The van der Waals surface area contributed by atoms with Crippen molar-refractivity contribution in [2.24, 2.45) is 0 Å². The standard InChI is InChI=1S/C59H34F3N5/c1-36-10-7-17-52(59(60,61)62)58(36)47-24-23-44(66-53-18-5-3-15-45(53)50-32-42(21-26-55(50)66)40-13-9-14-43(30-40)65-2)33-48(47)49-29-38(35-64)20-25-56(49)67-54-19-6-4-16-46(54)51-31-41(22-27-57(51)67)39-12-8-11-37(28-39)34-63/h3-33H,1H3. The van der Waals surface area contributed by atoms with Crippen LogP contribution in [0.25, 0.3) is 104 Å². The molecule has 0 atom stereocenters. The van der Waals surface area contributed by atoms with Crippen LogP contribution in [0.5, 0.6) is 0 Å². The molecule has 2 aromatic heterocycles. The second kappa shape index (κ2) is 15.8. The first-order valence-corrected chi connectivity index (χ1v) is 21.5.